The standard InChI is InChI=1S/C22H28N6O3S2/c1-5-27(6-2)33(30,31)19-14-10-11-17(15-19)20-24-25-22(28(20)23)32-16(3)21(29)26(4)18-12-8-7-9-13-18/h7-16H,5-6,23H2,1-4H3. The maximum atomic E-state index is 12.9. The Balaban J connectivity index is 1.82. The number of anilines is 1. The summed E-state index contributed by atoms with van der Waals surface area (Å²) in [5.74, 6) is 6.43. The van der Waals surface area contributed by atoms with Gasteiger partial charge in [-0.3, -0.25) is 4.79 Å². The number of rotatable bonds is 9. The number of aromatic nitrogens is 3. The van der Waals surface area contributed by atoms with Crippen molar-refractivity contribution in [1.29, 1.82) is 0 Å². The van der Waals surface area contributed by atoms with Crippen LogP contribution in [-0.4, -0.2) is 58.9 Å². The molecular formula is C22H28N6O3S2. The molecule has 2 N–H and O–H groups in total. The van der Waals surface area contributed by atoms with Crippen molar-refractivity contribution in [2.24, 2.45) is 0 Å². The van der Waals surface area contributed by atoms with Crippen LogP contribution in [0, 0.1) is 0 Å². The van der Waals surface area contributed by atoms with E-state index in [0.29, 0.717) is 29.6 Å². The third-order valence-corrected chi connectivity index (χ3v) is 8.29. The molecule has 2 aromatic carbocycles. The molecule has 1 unspecified atom stereocenters. The molecule has 0 aliphatic rings. The fourth-order valence-electron chi connectivity index (χ4n) is 3.32. The highest BCUT2D eigenvalue weighted by atomic mass is 32.2. The third-order valence-electron chi connectivity index (χ3n) is 5.20. The Hall–Kier alpha value is -2.89. The molecule has 0 radical (unpaired) electrons. The summed E-state index contributed by atoms with van der Waals surface area (Å²) in [6.07, 6.45) is 0. The minimum absolute atomic E-state index is 0.108. The number of nitrogens with zero attached hydrogens (tertiary/aromatic N) is 5. The molecule has 176 valence electrons. The highest BCUT2D eigenvalue weighted by Gasteiger charge is 2.25. The number of benzene rings is 2. The van der Waals surface area contributed by atoms with Crippen LogP contribution in [0.5, 0.6) is 0 Å². The number of thioether (sulfide) groups is 1. The lowest BCUT2D eigenvalue weighted by Crippen LogP contribution is -2.33. The van der Waals surface area contributed by atoms with E-state index in [1.165, 1.54) is 26.8 Å². The largest absolute Gasteiger partial charge is 0.335 e. The maximum absolute atomic E-state index is 12.9. The van der Waals surface area contributed by atoms with Crippen molar-refractivity contribution in [2.45, 2.75) is 36.1 Å². The van der Waals surface area contributed by atoms with Gasteiger partial charge in [0, 0.05) is 31.4 Å². The zero-order valence-corrected chi connectivity index (χ0v) is 20.7. The Morgan fingerprint density at radius 2 is 1.76 bits per heavy atom. The minimum atomic E-state index is -3.62. The molecule has 3 rings (SSSR count). The van der Waals surface area contributed by atoms with E-state index >= 15 is 0 Å². The van der Waals surface area contributed by atoms with Gasteiger partial charge in [-0.25, -0.2) is 13.1 Å². The summed E-state index contributed by atoms with van der Waals surface area (Å²) in [5.41, 5.74) is 1.31. The summed E-state index contributed by atoms with van der Waals surface area (Å²) < 4.78 is 28.4. The summed E-state index contributed by atoms with van der Waals surface area (Å²) in [5, 5.41) is 8.15. The Kier molecular flexibility index (Phi) is 7.77. The smallest absolute Gasteiger partial charge is 0.243 e. The molecule has 9 nitrogen and oxygen atoms in total. The number of hydrogen-bond acceptors (Lipinski definition) is 7. The highest BCUT2D eigenvalue weighted by molar-refractivity contribution is 8.00. The second-order valence-corrected chi connectivity index (χ2v) is 10.5. The van der Waals surface area contributed by atoms with Crippen LogP contribution in [-0.2, 0) is 14.8 Å². The van der Waals surface area contributed by atoms with Crippen molar-refractivity contribution in [3.63, 3.8) is 0 Å². The van der Waals surface area contributed by atoms with Gasteiger partial charge >= 0.3 is 0 Å². The van der Waals surface area contributed by atoms with Crippen LogP contribution in [0.4, 0.5) is 5.69 Å². The summed E-state index contributed by atoms with van der Waals surface area (Å²) >= 11 is 1.19. The number of hydrogen-bond donors (Lipinski definition) is 1. The number of sulfonamides is 1. The van der Waals surface area contributed by atoms with E-state index < -0.39 is 15.3 Å². The van der Waals surface area contributed by atoms with Crippen molar-refractivity contribution in [1.82, 2.24) is 19.2 Å². The lowest BCUT2D eigenvalue weighted by Gasteiger charge is -2.20. The highest BCUT2D eigenvalue weighted by Crippen LogP contribution is 2.28. The summed E-state index contributed by atoms with van der Waals surface area (Å²) in [6, 6.07) is 15.8. The van der Waals surface area contributed by atoms with Gasteiger partial charge < -0.3 is 10.7 Å². The molecule has 0 bridgehead atoms. The van der Waals surface area contributed by atoms with Gasteiger partial charge in [0.05, 0.1) is 10.1 Å². The van der Waals surface area contributed by atoms with E-state index in [0.717, 1.165) is 5.69 Å². The molecule has 1 amide bonds. The Morgan fingerprint density at radius 1 is 1.09 bits per heavy atom. The fourth-order valence-corrected chi connectivity index (χ4v) is 5.69. The number of para-hydroxylation sites is 1. The van der Waals surface area contributed by atoms with Gasteiger partial charge in [0.1, 0.15) is 0 Å². The second-order valence-electron chi connectivity index (χ2n) is 7.29. The summed E-state index contributed by atoms with van der Waals surface area (Å²) in [7, 11) is -1.91. The molecule has 0 fully saturated rings. The molecule has 1 heterocycles. The molecule has 0 saturated carbocycles. The van der Waals surface area contributed by atoms with Crippen molar-refractivity contribution in [2.75, 3.05) is 30.9 Å². The Bertz CT molecular complexity index is 1210. The van der Waals surface area contributed by atoms with Gasteiger partial charge in [0.2, 0.25) is 21.1 Å². The van der Waals surface area contributed by atoms with Crippen LogP contribution in [0.15, 0.2) is 64.6 Å². The number of amides is 1. The Labute approximate surface area is 198 Å². The van der Waals surface area contributed by atoms with E-state index in [4.69, 9.17) is 5.84 Å². The lowest BCUT2D eigenvalue weighted by atomic mass is 10.2. The van der Waals surface area contributed by atoms with Gasteiger partial charge in [0.25, 0.3) is 0 Å². The number of nitrogen functional groups attached to an aromatic ring is 1. The zero-order valence-electron chi connectivity index (χ0n) is 19.0. The van der Waals surface area contributed by atoms with Crippen LogP contribution in [0.2, 0.25) is 0 Å². The number of carbonyl (C=O) groups excluding carboxylic acids is 1. The first-order valence-electron chi connectivity index (χ1n) is 10.5. The predicted molar refractivity (Wildman–Crippen MR) is 131 cm³/mol. The van der Waals surface area contributed by atoms with E-state index in [-0.39, 0.29) is 10.8 Å². The predicted octanol–water partition coefficient (Wildman–Crippen LogP) is 2.83. The van der Waals surface area contributed by atoms with Gasteiger partial charge in [-0.1, -0.05) is 55.9 Å². The maximum Gasteiger partial charge on any atom is 0.243 e. The molecular weight excluding hydrogens is 460 g/mol. The van der Waals surface area contributed by atoms with Crippen molar-refractivity contribution < 1.29 is 13.2 Å². The van der Waals surface area contributed by atoms with Crippen molar-refractivity contribution in [3.8, 4) is 11.4 Å². The lowest BCUT2D eigenvalue weighted by molar-refractivity contribution is -0.117. The molecule has 0 aliphatic heterocycles. The molecule has 11 heteroatoms. The van der Waals surface area contributed by atoms with E-state index in [1.54, 1.807) is 50.9 Å². The quantitative estimate of drug-likeness (QED) is 0.364. The van der Waals surface area contributed by atoms with Gasteiger partial charge in [-0.2, -0.15) is 4.31 Å². The molecule has 1 atom stereocenters. The van der Waals surface area contributed by atoms with Crippen LogP contribution >= 0.6 is 11.8 Å². The summed E-state index contributed by atoms with van der Waals surface area (Å²) in [6.45, 7) is 6.11. The summed E-state index contributed by atoms with van der Waals surface area (Å²) in [4.78, 5) is 14.6. The van der Waals surface area contributed by atoms with Crippen LogP contribution in [0.1, 0.15) is 20.8 Å². The molecule has 0 aliphatic carbocycles. The second kappa shape index (κ2) is 10.4. The fraction of sp³-hybridized carbons (Fsp3) is 0.318. The van der Waals surface area contributed by atoms with Gasteiger partial charge in [0.15, 0.2) is 5.82 Å². The monoisotopic (exact) mass is 488 g/mol. The Morgan fingerprint density at radius 3 is 2.39 bits per heavy atom. The topological polar surface area (TPSA) is 114 Å². The van der Waals surface area contributed by atoms with Crippen LogP contribution in [0.25, 0.3) is 11.4 Å². The molecule has 3 aromatic rings. The minimum Gasteiger partial charge on any atom is -0.335 e. The van der Waals surface area contributed by atoms with Crippen LogP contribution in [0.3, 0.4) is 0 Å². The first kappa shape index (κ1) is 24.7. The molecule has 33 heavy (non-hydrogen) atoms. The average Bonchev–Trinajstić information content (AvgIpc) is 3.19. The van der Waals surface area contributed by atoms with Gasteiger partial charge in [-0.05, 0) is 31.2 Å². The third kappa shape index (κ3) is 5.21. The number of carbonyl (C=O) groups is 1. The normalized spacial score (nSPS) is 12.6. The zero-order chi connectivity index (χ0) is 24.2. The SMILES string of the molecule is CCN(CC)S(=O)(=O)c1cccc(-c2nnc(SC(C)C(=O)N(C)c3ccccc3)n2N)c1. The van der Waals surface area contributed by atoms with Crippen molar-refractivity contribution >= 4 is 33.4 Å². The molecule has 0 spiro atoms. The molecule has 0 saturated heterocycles. The first-order valence-corrected chi connectivity index (χ1v) is 12.8. The van der Waals surface area contributed by atoms with Gasteiger partial charge in [-0.15, -0.1) is 10.2 Å². The van der Waals surface area contributed by atoms with E-state index in [2.05, 4.69) is 10.2 Å². The first-order chi connectivity index (χ1) is 15.7. The van der Waals surface area contributed by atoms with E-state index in [9.17, 15) is 13.2 Å². The van der Waals surface area contributed by atoms with E-state index in [1.807, 2.05) is 30.3 Å². The number of nitrogens with two attached hydrogens (primary N) is 1. The average molecular weight is 489 g/mol. The van der Waals surface area contributed by atoms with Crippen LogP contribution < -0.4 is 10.7 Å². The van der Waals surface area contributed by atoms with Crippen molar-refractivity contribution in [3.05, 3.63) is 54.6 Å². The molecule has 1 aromatic heterocycles.